The summed E-state index contributed by atoms with van der Waals surface area (Å²) in [7, 11) is 1.38. The summed E-state index contributed by atoms with van der Waals surface area (Å²) in [5.41, 5.74) is 4.48. The zero-order valence-electron chi connectivity index (χ0n) is 16.1. The molecule has 1 heterocycles. The molecule has 0 fully saturated rings. The number of nitriles is 1. The average molecular weight is 406 g/mol. The van der Waals surface area contributed by atoms with E-state index < -0.39 is 4.92 Å². The van der Waals surface area contributed by atoms with E-state index in [1.165, 1.54) is 30.1 Å². The highest BCUT2D eigenvalue weighted by molar-refractivity contribution is 7.11. The van der Waals surface area contributed by atoms with E-state index in [1.807, 2.05) is 36.6 Å². The van der Waals surface area contributed by atoms with Crippen molar-refractivity contribution < 1.29 is 9.66 Å². The molecular formula is C21H18N4O3S. The minimum atomic E-state index is -0.492. The molecule has 0 aliphatic heterocycles. The molecule has 1 aromatic heterocycles. The van der Waals surface area contributed by atoms with E-state index in [9.17, 15) is 15.4 Å². The number of nitro groups is 1. The Morgan fingerprint density at radius 3 is 2.66 bits per heavy atom. The molecule has 0 atom stereocenters. The Bertz CT molecular complexity index is 1130. The number of methoxy groups -OCH3 is 1. The number of hydrogen-bond donors (Lipinski definition) is 1. The molecule has 1 N–H and O–H groups in total. The molecule has 0 aliphatic carbocycles. The van der Waals surface area contributed by atoms with Gasteiger partial charge in [-0.2, -0.15) is 5.26 Å². The molecule has 2 aromatic carbocycles. The molecule has 0 unspecified atom stereocenters. The van der Waals surface area contributed by atoms with Crippen LogP contribution in [0.25, 0.3) is 16.8 Å². The minimum Gasteiger partial charge on any atom is -0.490 e. The maximum Gasteiger partial charge on any atom is 0.311 e. The third kappa shape index (κ3) is 4.42. The van der Waals surface area contributed by atoms with Crippen LogP contribution in [-0.4, -0.2) is 17.0 Å². The summed E-state index contributed by atoms with van der Waals surface area (Å²) in [6.07, 6.45) is 1.55. The van der Waals surface area contributed by atoms with Gasteiger partial charge in [-0.15, -0.1) is 11.3 Å². The van der Waals surface area contributed by atoms with Gasteiger partial charge in [0.25, 0.3) is 0 Å². The highest BCUT2D eigenvalue weighted by Crippen LogP contribution is 2.33. The largest absolute Gasteiger partial charge is 0.490 e. The molecule has 7 nitrogen and oxygen atoms in total. The van der Waals surface area contributed by atoms with E-state index in [-0.39, 0.29) is 11.4 Å². The molecule has 0 radical (unpaired) electrons. The number of nitrogens with one attached hydrogen (secondary N) is 1. The number of ether oxygens (including phenoxy) is 1. The first kappa shape index (κ1) is 20.0. The molecule has 0 aliphatic rings. The van der Waals surface area contributed by atoms with Crippen LogP contribution in [0.15, 0.2) is 48.0 Å². The van der Waals surface area contributed by atoms with Gasteiger partial charge in [-0.25, -0.2) is 4.98 Å². The van der Waals surface area contributed by atoms with Crippen LogP contribution >= 0.6 is 11.3 Å². The molecule has 0 saturated carbocycles. The molecule has 3 rings (SSSR count). The van der Waals surface area contributed by atoms with Gasteiger partial charge in [0.2, 0.25) is 0 Å². The van der Waals surface area contributed by atoms with Crippen LogP contribution in [0, 0.1) is 35.3 Å². The summed E-state index contributed by atoms with van der Waals surface area (Å²) < 4.78 is 5.10. The normalized spacial score (nSPS) is 11.0. The fourth-order valence-electron chi connectivity index (χ4n) is 2.68. The first-order valence-corrected chi connectivity index (χ1v) is 9.53. The lowest BCUT2D eigenvalue weighted by Crippen LogP contribution is -1.99. The van der Waals surface area contributed by atoms with Gasteiger partial charge in [-0.1, -0.05) is 29.8 Å². The zero-order valence-corrected chi connectivity index (χ0v) is 16.9. The van der Waals surface area contributed by atoms with Gasteiger partial charge in [-0.05, 0) is 19.4 Å². The second-order valence-electron chi connectivity index (χ2n) is 6.31. The fraction of sp³-hybridized carbons (Fsp3) is 0.143. The minimum absolute atomic E-state index is 0.109. The van der Waals surface area contributed by atoms with Gasteiger partial charge in [0, 0.05) is 35.0 Å². The van der Waals surface area contributed by atoms with Gasteiger partial charge in [0.15, 0.2) is 5.75 Å². The molecule has 0 saturated heterocycles. The van der Waals surface area contributed by atoms with E-state index in [0.29, 0.717) is 21.8 Å². The number of benzene rings is 2. The Kier molecular flexibility index (Phi) is 5.90. The van der Waals surface area contributed by atoms with Crippen molar-refractivity contribution in [1.29, 1.82) is 5.26 Å². The smallest absolute Gasteiger partial charge is 0.311 e. The molecule has 0 spiro atoms. The van der Waals surface area contributed by atoms with Gasteiger partial charge in [-0.3, -0.25) is 10.1 Å². The van der Waals surface area contributed by atoms with Crippen LogP contribution in [0.2, 0.25) is 0 Å². The van der Waals surface area contributed by atoms with Crippen LogP contribution in [0.1, 0.15) is 16.1 Å². The standard InChI is InChI=1S/C21H18N4O3S/c1-13-4-6-15(7-5-13)18-12-29-21(24-18)16(10-22)11-23-17-9-20(28-3)19(25(26)27)8-14(17)2/h4-9,11-12,23H,1-3H3. The highest BCUT2D eigenvalue weighted by Gasteiger charge is 2.17. The lowest BCUT2D eigenvalue weighted by Gasteiger charge is -2.09. The Hall–Kier alpha value is -3.70. The fourth-order valence-corrected chi connectivity index (χ4v) is 3.48. The van der Waals surface area contributed by atoms with Crippen molar-refractivity contribution in [3.05, 3.63) is 74.2 Å². The third-order valence-corrected chi connectivity index (χ3v) is 5.17. The summed E-state index contributed by atoms with van der Waals surface area (Å²) in [5.74, 6) is 0.144. The molecule has 29 heavy (non-hydrogen) atoms. The number of thiazole rings is 1. The maximum absolute atomic E-state index is 11.1. The first-order chi connectivity index (χ1) is 13.9. The number of rotatable bonds is 6. The Morgan fingerprint density at radius 2 is 2.03 bits per heavy atom. The number of hydrogen-bond acceptors (Lipinski definition) is 7. The lowest BCUT2D eigenvalue weighted by atomic mass is 10.1. The van der Waals surface area contributed by atoms with Crippen LogP contribution in [0.3, 0.4) is 0 Å². The highest BCUT2D eigenvalue weighted by atomic mass is 32.1. The predicted molar refractivity (Wildman–Crippen MR) is 114 cm³/mol. The number of allylic oxidation sites excluding steroid dienone is 1. The lowest BCUT2D eigenvalue weighted by molar-refractivity contribution is -0.385. The molecular weight excluding hydrogens is 388 g/mol. The van der Waals surface area contributed by atoms with Gasteiger partial charge in [0.1, 0.15) is 16.6 Å². The van der Waals surface area contributed by atoms with Crippen LogP contribution in [0.5, 0.6) is 5.75 Å². The van der Waals surface area contributed by atoms with Crippen molar-refractivity contribution in [2.24, 2.45) is 0 Å². The second-order valence-corrected chi connectivity index (χ2v) is 7.17. The quantitative estimate of drug-likeness (QED) is 0.338. The van der Waals surface area contributed by atoms with Crippen LogP contribution in [0.4, 0.5) is 11.4 Å². The third-order valence-electron chi connectivity index (χ3n) is 4.30. The Balaban J connectivity index is 1.87. The second kappa shape index (κ2) is 8.54. The van der Waals surface area contributed by atoms with Crippen LogP contribution in [-0.2, 0) is 0 Å². The number of nitro benzene ring substituents is 1. The summed E-state index contributed by atoms with van der Waals surface area (Å²) in [6.45, 7) is 3.77. The predicted octanol–water partition coefficient (Wildman–Crippen LogP) is 5.32. The van der Waals surface area contributed by atoms with Crippen LogP contribution < -0.4 is 10.1 Å². The number of nitrogens with zero attached hydrogens (tertiary/aromatic N) is 3. The average Bonchev–Trinajstić information content (AvgIpc) is 3.19. The van der Waals surface area contributed by atoms with Crippen molar-refractivity contribution in [1.82, 2.24) is 4.98 Å². The van der Waals surface area contributed by atoms with E-state index in [1.54, 1.807) is 19.2 Å². The summed E-state index contributed by atoms with van der Waals surface area (Å²) in [4.78, 5) is 15.2. The molecule has 0 bridgehead atoms. The van der Waals surface area contributed by atoms with Crippen molar-refractivity contribution in [3.8, 4) is 23.1 Å². The SMILES string of the molecule is COc1cc(NC=C(C#N)c2nc(-c3ccc(C)cc3)cs2)c(C)cc1[N+](=O)[O-]. The van der Waals surface area contributed by atoms with E-state index in [4.69, 9.17) is 4.74 Å². The monoisotopic (exact) mass is 406 g/mol. The molecule has 0 amide bonds. The molecule has 146 valence electrons. The van der Waals surface area contributed by atoms with Crippen molar-refractivity contribution in [2.45, 2.75) is 13.8 Å². The van der Waals surface area contributed by atoms with Crippen molar-refractivity contribution in [3.63, 3.8) is 0 Å². The van der Waals surface area contributed by atoms with Crippen molar-refractivity contribution >= 4 is 28.3 Å². The van der Waals surface area contributed by atoms with E-state index in [2.05, 4.69) is 16.4 Å². The van der Waals surface area contributed by atoms with Gasteiger partial charge < -0.3 is 10.1 Å². The topological polar surface area (TPSA) is 101 Å². The number of anilines is 1. The van der Waals surface area contributed by atoms with E-state index >= 15 is 0 Å². The first-order valence-electron chi connectivity index (χ1n) is 8.65. The summed E-state index contributed by atoms with van der Waals surface area (Å²) in [5, 5.41) is 26.2. The molecule has 8 heteroatoms. The van der Waals surface area contributed by atoms with E-state index in [0.717, 1.165) is 11.3 Å². The molecule has 3 aromatic rings. The Morgan fingerprint density at radius 1 is 1.31 bits per heavy atom. The van der Waals surface area contributed by atoms with Gasteiger partial charge in [0.05, 0.1) is 17.7 Å². The number of aromatic nitrogens is 1. The summed E-state index contributed by atoms with van der Waals surface area (Å²) >= 11 is 1.38. The summed E-state index contributed by atoms with van der Waals surface area (Å²) in [6, 6.07) is 13.1. The Labute approximate surface area is 172 Å². The van der Waals surface area contributed by atoms with Gasteiger partial charge >= 0.3 is 5.69 Å². The van der Waals surface area contributed by atoms with Crippen molar-refractivity contribution in [2.75, 3.05) is 12.4 Å². The zero-order chi connectivity index (χ0) is 21.0. The maximum atomic E-state index is 11.1. The number of aryl methyl sites for hydroxylation is 2.